The number of benzene rings is 1. The molecule has 0 N–H and O–H groups in total. The van der Waals surface area contributed by atoms with Crippen LogP contribution >= 0.6 is 11.8 Å². The third kappa shape index (κ3) is 3.57. The molecule has 0 atom stereocenters. The number of aryl methyl sites for hydroxylation is 1. The first-order valence-corrected chi connectivity index (χ1v) is 10.1. The van der Waals surface area contributed by atoms with Gasteiger partial charge in [-0.05, 0) is 12.1 Å². The number of rotatable bonds is 3. The first kappa shape index (κ1) is 17.4. The van der Waals surface area contributed by atoms with E-state index in [2.05, 4.69) is 10.00 Å². The molecule has 0 aliphatic carbocycles. The van der Waals surface area contributed by atoms with Gasteiger partial charge >= 0.3 is 0 Å². The van der Waals surface area contributed by atoms with Gasteiger partial charge in [0.1, 0.15) is 0 Å². The highest BCUT2D eigenvalue weighted by Gasteiger charge is 2.21. The number of hydrogen-bond acceptors (Lipinski definition) is 6. The molecule has 138 valence electrons. The molecule has 1 aromatic carbocycles. The maximum Gasteiger partial charge on any atom is 0.253 e. The highest BCUT2D eigenvalue weighted by molar-refractivity contribution is 7.99. The van der Waals surface area contributed by atoms with Crippen LogP contribution in [0.25, 0.3) is 11.4 Å². The van der Waals surface area contributed by atoms with Crippen LogP contribution in [-0.2, 0) is 11.8 Å². The first-order valence-electron chi connectivity index (χ1n) is 8.93. The summed E-state index contributed by atoms with van der Waals surface area (Å²) in [5.41, 5.74) is 1.58. The van der Waals surface area contributed by atoms with Gasteiger partial charge in [0.2, 0.25) is 5.95 Å². The molecule has 4 rings (SSSR count). The second kappa shape index (κ2) is 7.67. The van der Waals surface area contributed by atoms with Crippen LogP contribution in [0, 0.1) is 0 Å². The van der Waals surface area contributed by atoms with Gasteiger partial charge in [0.15, 0.2) is 5.82 Å². The Morgan fingerprint density at radius 1 is 1.15 bits per heavy atom. The molecule has 2 aliphatic rings. The molecular weight excluding hydrogens is 350 g/mol. The SMILES string of the molecule is Cn1nc(-c2cccc(C(=O)N3CCSCC3)c2)nc1N1CCOCC1. The Morgan fingerprint density at radius 2 is 1.92 bits per heavy atom. The van der Waals surface area contributed by atoms with Crippen molar-refractivity contribution in [2.75, 3.05) is 55.8 Å². The quantitative estimate of drug-likeness (QED) is 0.813. The molecule has 0 radical (unpaired) electrons. The van der Waals surface area contributed by atoms with Crippen LogP contribution in [0.4, 0.5) is 5.95 Å². The minimum absolute atomic E-state index is 0.0940. The average Bonchev–Trinajstić information content (AvgIpc) is 3.10. The maximum atomic E-state index is 12.8. The number of carbonyl (C=O) groups excluding carboxylic acids is 1. The number of morpholine rings is 1. The van der Waals surface area contributed by atoms with Gasteiger partial charge in [-0.3, -0.25) is 4.79 Å². The first-order chi connectivity index (χ1) is 12.7. The summed E-state index contributed by atoms with van der Waals surface area (Å²) < 4.78 is 7.21. The van der Waals surface area contributed by atoms with Gasteiger partial charge in [0.05, 0.1) is 13.2 Å². The van der Waals surface area contributed by atoms with Crippen molar-refractivity contribution in [2.24, 2.45) is 7.05 Å². The normalized spacial score (nSPS) is 18.2. The van der Waals surface area contributed by atoms with Crippen molar-refractivity contribution in [2.45, 2.75) is 0 Å². The fourth-order valence-corrected chi connectivity index (χ4v) is 4.18. The molecule has 8 heteroatoms. The lowest BCUT2D eigenvalue weighted by Crippen LogP contribution is -2.37. The Morgan fingerprint density at radius 3 is 2.69 bits per heavy atom. The molecule has 0 unspecified atom stereocenters. The Labute approximate surface area is 157 Å². The van der Waals surface area contributed by atoms with E-state index in [9.17, 15) is 4.79 Å². The molecule has 7 nitrogen and oxygen atoms in total. The van der Waals surface area contributed by atoms with Gasteiger partial charge in [-0.1, -0.05) is 12.1 Å². The number of aromatic nitrogens is 3. The van der Waals surface area contributed by atoms with Crippen molar-refractivity contribution in [3.63, 3.8) is 0 Å². The Kier molecular flexibility index (Phi) is 5.12. The van der Waals surface area contributed by atoms with Gasteiger partial charge in [-0.25, -0.2) is 4.68 Å². The minimum atomic E-state index is 0.0940. The Hall–Kier alpha value is -2.06. The fraction of sp³-hybridized carbons (Fsp3) is 0.500. The summed E-state index contributed by atoms with van der Waals surface area (Å²) >= 11 is 1.90. The van der Waals surface area contributed by atoms with Gasteiger partial charge in [0, 0.05) is 55.9 Å². The van der Waals surface area contributed by atoms with E-state index < -0.39 is 0 Å². The highest BCUT2D eigenvalue weighted by Crippen LogP contribution is 2.22. The van der Waals surface area contributed by atoms with E-state index in [0.29, 0.717) is 24.6 Å². The van der Waals surface area contributed by atoms with Gasteiger partial charge in [0.25, 0.3) is 5.91 Å². The van der Waals surface area contributed by atoms with Crippen LogP contribution in [0.15, 0.2) is 24.3 Å². The van der Waals surface area contributed by atoms with Gasteiger partial charge < -0.3 is 14.5 Å². The molecule has 0 saturated carbocycles. The molecule has 2 aliphatic heterocycles. The predicted molar refractivity (Wildman–Crippen MR) is 103 cm³/mol. The lowest BCUT2D eigenvalue weighted by molar-refractivity contribution is 0.0772. The number of carbonyl (C=O) groups is 1. The number of amides is 1. The smallest absolute Gasteiger partial charge is 0.253 e. The largest absolute Gasteiger partial charge is 0.378 e. The molecule has 0 spiro atoms. The maximum absolute atomic E-state index is 12.8. The van der Waals surface area contributed by atoms with Crippen molar-refractivity contribution in [3.8, 4) is 11.4 Å². The van der Waals surface area contributed by atoms with E-state index in [0.717, 1.165) is 49.2 Å². The Bertz CT molecular complexity index is 782. The standard InChI is InChI=1S/C18H23N5O2S/c1-21-18(23-5-9-25-10-6-23)19-16(20-21)14-3-2-4-15(13-14)17(24)22-7-11-26-12-8-22/h2-4,13H,5-12H2,1H3. The van der Waals surface area contributed by atoms with Crippen molar-refractivity contribution in [3.05, 3.63) is 29.8 Å². The van der Waals surface area contributed by atoms with E-state index in [1.54, 1.807) is 4.68 Å². The number of thioether (sulfide) groups is 1. The lowest BCUT2D eigenvalue weighted by atomic mass is 10.1. The molecular formula is C18H23N5O2S. The minimum Gasteiger partial charge on any atom is -0.378 e. The van der Waals surface area contributed by atoms with E-state index in [1.165, 1.54) is 0 Å². The topological polar surface area (TPSA) is 63.5 Å². The van der Waals surface area contributed by atoms with Crippen molar-refractivity contribution in [1.82, 2.24) is 19.7 Å². The monoisotopic (exact) mass is 373 g/mol. The zero-order chi connectivity index (χ0) is 17.9. The summed E-state index contributed by atoms with van der Waals surface area (Å²) in [5, 5.41) is 4.56. The zero-order valence-electron chi connectivity index (χ0n) is 14.9. The third-order valence-electron chi connectivity index (χ3n) is 4.70. The van der Waals surface area contributed by atoms with E-state index in [1.807, 2.05) is 48.0 Å². The van der Waals surface area contributed by atoms with Gasteiger partial charge in [-0.2, -0.15) is 16.7 Å². The van der Waals surface area contributed by atoms with Gasteiger partial charge in [-0.15, -0.1) is 5.10 Å². The number of ether oxygens (including phenoxy) is 1. The number of anilines is 1. The highest BCUT2D eigenvalue weighted by atomic mass is 32.2. The second-order valence-electron chi connectivity index (χ2n) is 6.44. The van der Waals surface area contributed by atoms with Crippen LogP contribution in [0.3, 0.4) is 0 Å². The number of nitrogens with zero attached hydrogens (tertiary/aromatic N) is 5. The molecule has 2 saturated heterocycles. The third-order valence-corrected chi connectivity index (χ3v) is 5.64. The average molecular weight is 373 g/mol. The molecule has 2 fully saturated rings. The zero-order valence-corrected chi connectivity index (χ0v) is 15.7. The Balaban J connectivity index is 1.57. The molecule has 3 heterocycles. The van der Waals surface area contributed by atoms with Crippen LogP contribution in [0.2, 0.25) is 0 Å². The van der Waals surface area contributed by atoms with E-state index in [4.69, 9.17) is 9.72 Å². The summed E-state index contributed by atoms with van der Waals surface area (Å²) in [6, 6.07) is 7.65. The second-order valence-corrected chi connectivity index (χ2v) is 7.67. The summed E-state index contributed by atoms with van der Waals surface area (Å²) in [6.45, 7) is 4.68. The van der Waals surface area contributed by atoms with E-state index >= 15 is 0 Å². The molecule has 26 heavy (non-hydrogen) atoms. The molecule has 2 aromatic rings. The fourth-order valence-electron chi connectivity index (χ4n) is 3.28. The molecule has 0 bridgehead atoms. The summed E-state index contributed by atoms with van der Waals surface area (Å²) in [4.78, 5) is 21.6. The predicted octanol–water partition coefficient (Wildman–Crippen LogP) is 1.51. The molecule has 1 amide bonds. The van der Waals surface area contributed by atoms with Crippen LogP contribution < -0.4 is 4.90 Å². The van der Waals surface area contributed by atoms with Crippen molar-refractivity contribution < 1.29 is 9.53 Å². The van der Waals surface area contributed by atoms with E-state index in [-0.39, 0.29) is 5.91 Å². The van der Waals surface area contributed by atoms with Crippen LogP contribution in [0.1, 0.15) is 10.4 Å². The molecule has 1 aromatic heterocycles. The van der Waals surface area contributed by atoms with Crippen molar-refractivity contribution in [1.29, 1.82) is 0 Å². The van der Waals surface area contributed by atoms with Crippen LogP contribution in [-0.4, -0.2) is 76.5 Å². The van der Waals surface area contributed by atoms with Crippen LogP contribution in [0.5, 0.6) is 0 Å². The summed E-state index contributed by atoms with van der Waals surface area (Å²) in [6.07, 6.45) is 0. The number of hydrogen-bond donors (Lipinski definition) is 0. The van der Waals surface area contributed by atoms with Crippen molar-refractivity contribution >= 4 is 23.6 Å². The lowest BCUT2D eigenvalue weighted by Gasteiger charge is -2.26. The summed E-state index contributed by atoms with van der Waals surface area (Å²) in [7, 11) is 1.90. The summed E-state index contributed by atoms with van der Waals surface area (Å²) in [5.74, 6) is 3.61.